The zero-order valence-electron chi connectivity index (χ0n) is 14.0. The molecular weight excluding hydrogens is 264 g/mol. The first-order valence-electron chi connectivity index (χ1n) is 8.75. The Morgan fingerprint density at radius 3 is 2.27 bits per heavy atom. The van der Waals surface area contributed by atoms with Crippen molar-refractivity contribution in [2.24, 2.45) is 11.8 Å². The molecule has 1 saturated carbocycles. The third kappa shape index (κ3) is 5.57. The molecule has 0 heteroatoms. The normalized spacial score (nSPS) is 21.9. The highest BCUT2D eigenvalue weighted by Crippen LogP contribution is 2.31. The van der Waals surface area contributed by atoms with Gasteiger partial charge in [-0.25, -0.2) is 0 Å². The van der Waals surface area contributed by atoms with E-state index in [1.165, 1.54) is 43.2 Å². The molecule has 22 heavy (non-hydrogen) atoms. The van der Waals surface area contributed by atoms with Crippen LogP contribution in [0.3, 0.4) is 0 Å². The van der Waals surface area contributed by atoms with Crippen LogP contribution in [-0.2, 0) is 6.42 Å². The van der Waals surface area contributed by atoms with Crippen LogP contribution < -0.4 is 0 Å². The lowest BCUT2D eigenvalue weighted by Gasteiger charge is -2.25. The van der Waals surface area contributed by atoms with E-state index in [9.17, 15) is 0 Å². The van der Waals surface area contributed by atoms with E-state index in [1.54, 1.807) is 0 Å². The molecule has 0 radical (unpaired) electrons. The van der Waals surface area contributed by atoms with Gasteiger partial charge in [0.15, 0.2) is 0 Å². The second-order valence-corrected chi connectivity index (χ2v) is 6.27. The first kappa shape index (κ1) is 16.6. The molecule has 0 nitrogen and oxygen atoms in total. The number of aryl methyl sites for hydroxylation is 1. The highest BCUT2D eigenvalue weighted by atomic mass is 14.2. The Labute approximate surface area is 136 Å². The van der Waals surface area contributed by atoms with Crippen molar-refractivity contribution in [3.8, 4) is 11.8 Å². The minimum absolute atomic E-state index is 0.752. The monoisotopic (exact) mass is 292 g/mol. The predicted molar refractivity (Wildman–Crippen MR) is 97.5 cm³/mol. The smallest absolute Gasteiger partial charge is 0.0109 e. The fourth-order valence-corrected chi connectivity index (χ4v) is 3.07. The van der Waals surface area contributed by atoms with Gasteiger partial charge in [0.05, 0.1) is 0 Å². The average Bonchev–Trinajstić information content (AvgIpc) is 2.59. The number of rotatable bonds is 4. The van der Waals surface area contributed by atoms with Crippen LogP contribution in [0.25, 0.3) is 6.08 Å². The summed E-state index contributed by atoms with van der Waals surface area (Å²) in [6, 6.07) is 8.66. The van der Waals surface area contributed by atoms with Crippen LogP contribution in [0, 0.1) is 23.7 Å². The molecular formula is C22H28. The summed E-state index contributed by atoms with van der Waals surface area (Å²) in [5.41, 5.74) is 2.59. The largest absolute Gasteiger partial charge is 0.0730 e. The van der Waals surface area contributed by atoms with Gasteiger partial charge in [0.25, 0.3) is 0 Å². The molecule has 0 saturated heterocycles. The molecule has 116 valence electrons. The molecule has 0 amide bonds. The summed E-state index contributed by atoms with van der Waals surface area (Å²) in [5, 5.41) is 0. The molecule has 0 atom stereocenters. The number of hydrogen-bond donors (Lipinski definition) is 0. The zero-order chi connectivity index (χ0) is 15.6. The maximum atomic E-state index is 3.13. The molecule has 1 aliphatic rings. The lowest BCUT2D eigenvalue weighted by molar-refractivity contribution is 0.304. The average molecular weight is 292 g/mol. The van der Waals surface area contributed by atoms with Gasteiger partial charge in [-0.05, 0) is 73.3 Å². The Balaban J connectivity index is 1.76. The minimum Gasteiger partial charge on any atom is -0.0730 e. The van der Waals surface area contributed by atoms with Crippen LogP contribution in [0.15, 0.2) is 42.5 Å². The Morgan fingerprint density at radius 2 is 1.64 bits per heavy atom. The van der Waals surface area contributed by atoms with Crippen molar-refractivity contribution in [2.75, 3.05) is 0 Å². The fraction of sp³-hybridized carbons (Fsp3) is 0.455. The quantitative estimate of drug-likeness (QED) is 0.594. The Hall–Kier alpha value is -1.74. The van der Waals surface area contributed by atoms with Crippen LogP contribution in [0.2, 0.25) is 0 Å². The van der Waals surface area contributed by atoms with Gasteiger partial charge in [-0.15, -0.1) is 0 Å². The lowest BCUT2D eigenvalue weighted by atomic mass is 9.81. The topological polar surface area (TPSA) is 0 Å². The van der Waals surface area contributed by atoms with E-state index in [0.29, 0.717) is 0 Å². The SMILES string of the molecule is CCc1ccc(/C=C/C#C/C=C/[C@H]2CC[C@H](CC)CC2)cc1. The molecule has 2 rings (SSSR count). The van der Waals surface area contributed by atoms with Gasteiger partial charge >= 0.3 is 0 Å². The molecule has 1 fully saturated rings. The molecule has 1 aromatic carbocycles. The molecule has 0 N–H and O–H groups in total. The van der Waals surface area contributed by atoms with Crippen molar-refractivity contribution >= 4 is 6.08 Å². The van der Waals surface area contributed by atoms with Gasteiger partial charge in [-0.3, -0.25) is 0 Å². The maximum absolute atomic E-state index is 3.13. The van der Waals surface area contributed by atoms with Gasteiger partial charge in [-0.1, -0.05) is 62.5 Å². The highest BCUT2D eigenvalue weighted by molar-refractivity contribution is 5.53. The molecule has 0 heterocycles. The van der Waals surface area contributed by atoms with Gasteiger partial charge in [-0.2, -0.15) is 0 Å². The summed E-state index contributed by atoms with van der Waals surface area (Å²) in [5.74, 6) is 7.96. The lowest BCUT2D eigenvalue weighted by Crippen LogP contribution is -2.11. The summed E-state index contributed by atoms with van der Waals surface area (Å²) < 4.78 is 0. The van der Waals surface area contributed by atoms with Crippen molar-refractivity contribution in [3.63, 3.8) is 0 Å². The molecule has 0 unspecified atom stereocenters. The van der Waals surface area contributed by atoms with Crippen molar-refractivity contribution in [1.29, 1.82) is 0 Å². The summed E-state index contributed by atoms with van der Waals surface area (Å²) in [6.07, 6.45) is 16.3. The van der Waals surface area contributed by atoms with Crippen molar-refractivity contribution < 1.29 is 0 Å². The molecule has 0 aromatic heterocycles. The molecule has 1 aromatic rings. The van der Waals surface area contributed by atoms with Crippen LogP contribution >= 0.6 is 0 Å². The van der Waals surface area contributed by atoms with Gasteiger partial charge in [0.1, 0.15) is 0 Å². The van der Waals surface area contributed by atoms with Crippen molar-refractivity contribution in [1.82, 2.24) is 0 Å². The summed E-state index contributed by atoms with van der Waals surface area (Å²) in [4.78, 5) is 0. The third-order valence-corrected chi connectivity index (χ3v) is 4.75. The number of allylic oxidation sites excluding steroid dienone is 3. The Bertz CT molecular complexity index is 540. The van der Waals surface area contributed by atoms with Crippen LogP contribution in [0.5, 0.6) is 0 Å². The first-order chi connectivity index (χ1) is 10.8. The molecule has 0 aliphatic heterocycles. The van der Waals surface area contributed by atoms with Crippen molar-refractivity contribution in [3.05, 3.63) is 53.6 Å². The fourth-order valence-electron chi connectivity index (χ4n) is 3.07. The minimum atomic E-state index is 0.752. The third-order valence-electron chi connectivity index (χ3n) is 4.75. The Morgan fingerprint density at radius 1 is 0.955 bits per heavy atom. The summed E-state index contributed by atoms with van der Waals surface area (Å²) in [7, 11) is 0. The second kappa shape index (κ2) is 9.31. The first-order valence-corrected chi connectivity index (χ1v) is 8.75. The highest BCUT2D eigenvalue weighted by Gasteiger charge is 2.17. The van der Waals surface area contributed by atoms with E-state index in [1.807, 2.05) is 12.2 Å². The standard InChI is InChI=1S/C22H28/c1-3-19-11-15-21(16-12-19)9-7-5-6-8-10-22-17-13-20(4-2)14-18-22/h7-12,15-16,20,22H,3-4,13-14,17-18H2,1-2H3/b9-7+,10-8+/t20-,22-. The zero-order valence-corrected chi connectivity index (χ0v) is 14.0. The van der Waals surface area contributed by atoms with E-state index in [4.69, 9.17) is 0 Å². The van der Waals surface area contributed by atoms with Gasteiger partial charge < -0.3 is 0 Å². The van der Waals surface area contributed by atoms with Crippen LogP contribution in [-0.4, -0.2) is 0 Å². The summed E-state index contributed by atoms with van der Waals surface area (Å²) >= 11 is 0. The predicted octanol–water partition coefficient (Wildman–Crippen LogP) is 6.04. The summed E-state index contributed by atoms with van der Waals surface area (Å²) in [6.45, 7) is 4.49. The van der Waals surface area contributed by atoms with E-state index in [0.717, 1.165) is 18.3 Å². The second-order valence-electron chi connectivity index (χ2n) is 6.27. The van der Waals surface area contributed by atoms with E-state index in [-0.39, 0.29) is 0 Å². The number of hydrogen-bond acceptors (Lipinski definition) is 0. The molecule has 1 aliphatic carbocycles. The van der Waals surface area contributed by atoms with E-state index >= 15 is 0 Å². The van der Waals surface area contributed by atoms with Crippen LogP contribution in [0.1, 0.15) is 57.1 Å². The Kier molecular flexibility index (Phi) is 7.04. The maximum Gasteiger partial charge on any atom is -0.0109 e. The van der Waals surface area contributed by atoms with E-state index in [2.05, 4.69) is 62.1 Å². The van der Waals surface area contributed by atoms with E-state index < -0.39 is 0 Å². The van der Waals surface area contributed by atoms with Crippen LogP contribution in [0.4, 0.5) is 0 Å². The molecule has 0 spiro atoms. The number of benzene rings is 1. The van der Waals surface area contributed by atoms with Gasteiger partial charge in [0, 0.05) is 0 Å². The molecule has 0 bridgehead atoms. The van der Waals surface area contributed by atoms with Gasteiger partial charge in [0.2, 0.25) is 0 Å². The van der Waals surface area contributed by atoms with Crippen molar-refractivity contribution in [2.45, 2.75) is 52.4 Å².